The third-order valence-electron chi connectivity index (χ3n) is 7.19. The molecule has 4 rings (SSSR count). The molecule has 0 radical (unpaired) electrons. The van der Waals surface area contributed by atoms with Crippen LogP contribution < -0.4 is 15.4 Å². The maximum absolute atomic E-state index is 13.3. The highest BCUT2D eigenvalue weighted by Crippen LogP contribution is 2.45. The highest BCUT2D eigenvalue weighted by atomic mass is 16.5. The van der Waals surface area contributed by atoms with E-state index in [-0.39, 0.29) is 36.0 Å². The fourth-order valence-electron chi connectivity index (χ4n) is 5.55. The lowest BCUT2D eigenvalue weighted by Crippen LogP contribution is -2.56. The Balaban J connectivity index is 1.64. The summed E-state index contributed by atoms with van der Waals surface area (Å²) in [6, 6.07) is 16.1. The molecule has 2 N–H and O–H groups in total. The number of hydrogen-bond acceptors (Lipinski definition) is 4. The highest BCUT2D eigenvalue weighted by Gasteiger charge is 2.51. The zero-order valence-electron chi connectivity index (χ0n) is 19.9. The lowest BCUT2D eigenvalue weighted by atomic mass is 9.85. The third kappa shape index (κ3) is 5.06. The van der Waals surface area contributed by atoms with Crippen LogP contribution in [0.15, 0.2) is 48.5 Å². The molecule has 0 spiro atoms. The molecule has 0 bridgehead atoms. The second kappa shape index (κ2) is 9.96. The van der Waals surface area contributed by atoms with E-state index >= 15 is 0 Å². The summed E-state index contributed by atoms with van der Waals surface area (Å²) in [4.78, 5) is 28.1. The van der Waals surface area contributed by atoms with Gasteiger partial charge in [-0.2, -0.15) is 0 Å². The first-order chi connectivity index (χ1) is 15.9. The molecule has 0 saturated carbocycles. The Labute approximate surface area is 196 Å². The van der Waals surface area contributed by atoms with E-state index < -0.39 is 0 Å². The minimum atomic E-state index is -0.382. The van der Waals surface area contributed by atoms with Gasteiger partial charge in [-0.1, -0.05) is 43.7 Å². The first-order valence-electron chi connectivity index (χ1n) is 12.0. The lowest BCUT2D eigenvalue weighted by molar-refractivity contribution is -0.123. The van der Waals surface area contributed by atoms with Crippen molar-refractivity contribution in [3.05, 3.63) is 59.7 Å². The fraction of sp³-hybridized carbons (Fsp3) is 0.481. The largest absolute Gasteiger partial charge is 0.497 e. The number of nitrogens with one attached hydrogen (secondary N) is 2. The molecule has 2 aromatic rings. The molecule has 6 heteroatoms. The van der Waals surface area contributed by atoms with Crippen LogP contribution >= 0.6 is 0 Å². The van der Waals surface area contributed by atoms with Crippen molar-refractivity contribution < 1.29 is 14.3 Å². The van der Waals surface area contributed by atoms with E-state index in [1.165, 1.54) is 0 Å². The molecule has 6 nitrogen and oxygen atoms in total. The number of hydrogen-bond donors (Lipinski definition) is 2. The molecule has 2 aliphatic rings. The molecule has 2 heterocycles. The van der Waals surface area contributed by atoms with E-state index in [2.05, 4.69) is 35.4 Å². The predicted molar refractivity (Wildman–Crippen MR) is 130 cm³/mol. The van der Waals surface area contributed by atoms with E-state index in [0.717, 1.165) is 54.7 Å². The van der Waals surface area contributed by atoms with Crippen molar-refractivity contribution in [3.8, 4) is 5.75 Å². The number of anilines is 1. The van der Waals surface area contributed by atoms with Gasteiger partial charge in [0.15, 0.2) is 0 Å². The van der Waals surface area contributed by atoms with Gasteiger partial charge in [0, 0.05) is 24.2 Å². The molecule has 0 aliphatic carbocycles. The minimum Gasteiger partial charge on any atom is -0.497 e. The number of methoxy groups -OCH3 is 1. The molecule has 0 aromatic heterocycles. The quantitative estimate of drug-likeness (QED) is 0.683. The first-order valence-corrected chi connectivity index (χ1v) is 12.0. The number of likely N-dealkylation sites (tertiary alicyclic amines) is 1. The second-order valence-electron chi connectivity index (χ2n) is 9.45. The van der Waals surface area contributed by atoms with Gasteiger partial charge in [0.25, 0.3) is 0 Å². The molecule has 2 aromatic carbocycles. The number of carbonyl (C=O) groups is 2. The van der Waals surface area contributed by atoms with Crippen LogP contribution in [-0.4, -0.2) is 41.9 Å². The molecule has 176 valence electrons. The number of benzene rings is 2. The predicted octanol–water partition coefficient (Wildman–Crippen LogP) is 4.46. The van der Waals surface area contributed by atoms with E-state index in [4.69, 9.17) is 4.74 Å². The van der Waals surface area contributed by atoms with Gasteiger partial charge in [-0.25, -0.2) is 0 Å². The van der Waals surface area contributed by atoms with Crippen molar-refractivity contribution in [1.82, 2.24) is 10.2 Å². The van der Waals surface area contributed by atoms with Crippen LogP contribution in [0.1, 0.15) is 63.1 Å². The van der Waals surface area contributed by atoms with E-state index in [0.29, 0.717) is 6.42 Å². The topological polar surface area (TPSA) is 70.7 Å². The number of nitrogens with zero attached hydrogens (tertiary/aromatic N) is 1. The van der Waals surface area contributed by atoms with Gasteiger partial charge in [0.1, 0.15) is 5.75 Å². The number of rotatable bonds is 6. The number of fused-ring (bicyclic) bond motifs is 1. The van der Waals surface area contributed by atoms with Crippen LogP contribution in [0.2, 0.25) is 0 Å². The molecular weight excluding hydrogens is 414 g/mol. The molecular formula is C27H35N3O3. The van der Waals surface area contributed by atoms with Gasteiger partial charge in [0.05, 0.1) is 19.2 Å². The highest BCUT2D eigenvalue weighted by molar-refractivity contribution is 5.93. The van der Waals surface area contributed by atoms with Gasteiger partial charge in [0.2, 0.25) is 11.8 Å². The van der Waals surface area contributed by atoms with Gasteiger partial charge in [-0.3, -0.25) is 14.5 Å². The average Bonchev–Trinajstić information content (AvgIpc) is 3.06. The third-order valence-corrected chi connectivity index (χ3v) is 7.19. The molecule has 2 amide bonds. The van der Waals surface area contributed by atoms with Crippen LogP contribution in [-0.2, 0) is 16.0 Å². The molecule has 2 saturated heterocycles. The summed E-state index contributed by atoms with van der Waals surface area (Å²) in [5.41, 5.74) is 2.72. The number of carbonyl (C=O) groups excluding carboxylic acids is 2. The van der Waals surface area contributed by atoms with Gasteiger partial charge >= 0.3 is 0 Å². The molecule has 0 unspecified atom stereocenters. The summed E-state index contributed by atoms with van der Waals surface area (Å²) in [6.45, 7) is 4.50. The summed E-state index contributed by atoms with van der Waals surface area (Å²) in [5.74, 6) is 0.878. The van der Waals surface area contributed by atoms with Crippen LogP contribution in [0.4, 0.5) is 5.69 Å². The smallest absolute Gasteiger partial charge is 0.238 e. The minimum absolute atomic E-state index is 0.0145. The summed E-state index contributed by atoms with van der Waals surface area (Å²) >= 11 is 0. The number of amides is 2. The molecule has 2 aliphatic heterocycles. The number of ether oxygens (including phenoxy) is 1. The van der Waals surface area contributed by atoms with Crippen molar-refractivity contribution in [2.75, 3.05) is 19.0 Å². The van der Waals surface area contributed by atoms with E-state index in [1.54, 1.807) is 7.11 Å². The van der Waals surface area contributed by atoms with Crippen LogP contribution in [0, 0.1) is 0 Å². The Bertz CT molecular complexity index is 1010. The first kappa shape index (κ1) is 23.3. The summed E-state index contributed by atoms with van der Waals surface area (Å²) < 4.78 is 5.47. The standard InChI is InChI=1S/C27H35N3O3/c1-4-19-10-5-6-13-22(19)28-26(32)18-30-23(20-11-9-12-21(16-20)33-3)17-27(2)24(30)14-7-8-15-25(31)29-27/h5-6,9-13,16,23-24H,4,7-8,14-15,17-18H2,1-3H3,(H,28,32)(H,29,31)/t23-,24-,27-/m0/s1. The molecule has 3 atom stereocenters. The van der Waals surface area contributed by atoms with E-state index in [9.17, 15) is 9.59 Å². The van der Waals surface area contributed by atoms with Crippen molar-refractivity contribution >= 4 is 17.5 Å². The van der Waals surface area contributed by atoms with Crippen LogP contribution in [0.5, 0.6) is 5.75 Å². The fourth-order valence-corrected chi connectivity index (χ4v) is 5.55. The Morgan fingerprint density at radius 2 is 2.03 bits per heavy atom. The van der Waals surface area contributed by atoms with Crippen LogP contribution in [0.3, 0.4) is 0 Å². The summed E-state index contributed by atoms with van der Waals surface area (Å²) in [7, 11) is 1.67. The zero-order chi connectivity index (χ0) is 23.4. The normalized spacial score (nSPS) is 25.5. The molecule has 2 fully saturated rings. The van der Waals surface area contributed by atoms with Crippen molar-refractivity contribution in [2.45, 2.75) is 70.0 Å². The Kier molecular flexibility index (Phi) is 7.03. The summed E-state index contributed by atoms with van der Waals surface area (Å²) in [5, 5.41) is 6.45. The Hall–Kier alpha value is -2.86. The van der Waals surface area contributed by atoms with Gasteiger partial charge in [-0.15, -0.1) is 0 Å². The number of para-hydroxylation sites is 1. The van der Waals surface area contributed by atoms with Crippen molar-refractivity contribution in [1.29, 1.82) is 0 Å². The zero-order valence-corrected chi connectivity index (χ0v) is 19.9. The Morgan fingerprint density at radius 1 is 1.21 bits per heavy atom. The monoisotopic (exact) mass is 449 g/mol. The SMILES string of the molecule is CCc1ccccc1NC(=O)CN1[C@H]2CCCCC(=O)N[C@@]2(C)C[C@H]1c1cccc(OC)c1. The number of aryl methyl sites for hydroxylation is 1. The van der Waals surface area contributed by atoms with Gasteiger partial charge < -0.3 is 15.4 Å². The second-order valence-corrected chi connectivity index (χ2v) is 9.45. The Morgan fingerprint density at radius 3 is 2.82 bits per heavy atom. The van der Waals surface area contributed by atoms with Crippen LogP contribution in [0.25, 0.3) is 0 Å². The van der Waals surface area contributed by atoms with E-state index in [1.807, 2.05) is 42.5 Å². The maximum atomic E-state index is 13.3. The molecule has 33 heavy (non-hydrogen) atoms. The average molecular weight is 450 g/mol. The van der Waals surface area contributed by atoms with Gasteiger partial charge in [-0.05, 0) is 61.9 Å². The summed E-state index contributed by atoms with van der Waals surface area (Å²) in [6.07, 6.45) is 5.01. The maximum Gasteiger partial charge on any atom is 0.238 e. The van der Waals surface area contributed by atoms with Crippen molar-refractivity contribution in [3.63, 3.8) is 0 Å². The van der Waals surface area contributed by atoms with Crippen molar-refractivity contribution in [2.24, 2.45) is 0 Å². The lowest BCUT2D eigenvalue weighted by Gasteiger charge is -2.38.